The summed E-state index contributed by atoms with van der Waals surface area (Å²) in [6.45, 7) is 7.04. The predicted octanol–water partition coefficient (Wildman–Crippen LogP) is 7.82. The van der Waals surface area contributed by atoms with E-state index in [1.165, 1.54) is 27.1 Å². The zero-order valence-corrected chi connectivity index (χ0v) is 21.8. The van der Waals surface area contributed by atoms with Gasteiger partial charge < -0.3 is 9.88 Å². The van der Waals surface area contributed by atoms with Crippen molar-refractivity contribution in [2.75, 3.05) is 5.32 Å². The van der Waals surface area contributed by atoms with Gasteiger partial charge in [0.2, 0.25) is 5.95 Å². The second-order valence-electron chi connectivity index (χ2n) is 8.78. The van der Waals surface area contributed by atoms with Gasteiger partial charge in [-0.25, -0.2) is 9.97 Å². The summed E-state index contributed by atoms with van der Waals surface area (Å²) in [4.78, 5) is 10.9. The van der Waals surface area contributed by atoms with Crippen molar-refractivity contribution in [3.63, 3.8) is 0 Å². The first-order valence-electron chi connectivity index (χ1n) is 11.5. The molecule has 7 heteroatoms. The Kier molecular flexibility index (Phi) is 6.69. The average Bonchev–Trinajstić information content (AvgIpc) is 3.17. The molecular weight excluding hydrogens is 486 g/mol. The van der Waals surface area contributed by atoms with Crippen LogP contribution < -0.4 is 5.32 Å². The van der Waals surface area contributed by atoms with Gasteiger partial charge in [0, 0.05) is 23.3 Å². The van der Waals surface area contributed by atoms with E-state index >= 15 is 0 Å². The topological polar surface area (TPSA) is 66.5 Å². The van der Waals surface area contributed by atoms with Gasteiger partial charge in [-0.3, -0.25) is 0 Å². The minimum Gasteiger partial charge on any atom is -0.338 e. The van der Waals surface area contributed by atoms with E-state index in [0.29, 0.717) is 28.6 Å². The lowest BCUT2D eigenvalue weighted by atomic mass is 10.1. The van der Waals surface area contributed by atoms with Gasteiger partial charge in [-0.15, -0.1) is 0 Å². The van der Waals surface area contributed by atoms with Gasteiger partial charge in [-0.1, -0.05) is 71.4 Å². The second-order valence-corrected chi connectivity index (χ2v) is 10.2. The van der Waals surface area contributed by atoms with Crippen molar-refractivity contribution in [1.29, 1.82) is 5.26 Å². The molecule has 0 saturated heterocycles. The molecule has 3 aromatic carbocycles. The Morgan fingerprint density at radius 3 is 2.33 bits per heavy atom. The minimum absolute atomic E-state index is 0.455. The lowest BCUT2D eigenvalue weighted by Crippen LogP contribution is -2.03. The van der Waals surface area contributed by atoms with Gasteiger partial charge in [-0.2, -0.15) is 5.26 Å². The van der Waals surface area contributed by atoms with Crippen molar-refractivity contribution in [1.82, 2.24) is 14.5 Å². The van der Waals surface area contributed by atoms with Gasteiger partial charge in [0.15, 0.2) is 0 Å². The number of nitriles is 1. The van der Waals surface area contributed by atoms with E-state index in [9.17, 15) is 0 Å². The number of hydrogen-bond acceptors (Lipinski definition) is 5. The summed E-state index contributed by atoms with van der Waals surface area (Å²) in [5, 5.41) is 13.8. The van der Waals surface area contributed by atoms with E-state index in [4.69, 9.17) is 26.8 Å². The molecule has 178 valence electrons. The van der Waals surface area contributed by atoms with Gasteiger partial charge in [0.05, 0.1) is 16.7 Å². The van der Waals surface area contributed by atoms with Crippen LogP contribution in [-0.2, 0) is 6.54 Å². The molecule has 0 atom stereocenters. The number of fused-ring (bicyclic) bond motifs is 1. The summed E-state index contributed by atoms with van der Waals surface area (Å²) in [5.41, 5.74) is 7.82. The third-order valence-electron chi connectivity index (χ3n) is 5.90. The molecular formula is C29H24ClN5S. The third-order valence-corrected chi connectivity index (χ3v) is 7.51. The van der Waals surface area contributed by atoms with Crippen molar-refractivity contribution in [3.8, 4) is 6.07 Å². The Labute approximate surface area is 219 Å². The molecule has 0 amide bonds. The number of benzene rings is 3. The molecule has 5 aromatic rings. The Morgan fingerprint density at radius 2 is 1.67 bits per heavy atom. The maximum Gasteiger partial charge on any atom is 0.229 e. The number of anilines is 2. The fraction of sp³-hybridized carbons (Fsp3) is 0.138. The van der Waals surface area contributed by atoms with E-state index in [2.05, 4.69) is 61.0 Å². The molecule has 5 nitrogen and oxygen atoms in total. The first kappa shape index (κ1) is 23.9. The fourth-order valence-electron chi connectivity index (χ4n) is 4.34. The number of hydrogen-bond donors (Lipinski definition) is 1. The molecule has 0 fully saturated rings. The number of nitrogens with zero attached hydrogens (tertiary/aromatic N) is 4. The van der Waals surface area contributed by atoms with Gasteiger partial charge >= 0.3 is 0 Å². The van der Waals surface area contributed by atoms with Crippen molar-refractivity contribution < 1.29 is 0 Å². The number of aromatic nitrogens is 3. The van der Waals surface area contributed by atoms with Crippen LogP contribution in [0, 0.1) is 32.1 Å². The Morgan fingerprint density at radius 1 is 0.972 bits per heavy atom. The molecule has 2 aromatic heterocycles. The molecule has 0 aliphatic heterocycles. The molecule has 0 aliphatic rings. The van der Waals surface area contributed by atoms with Gasteiger partial charge in [0.25, 0.3) is 0 Å². The summed E-state index contributed by atoms with van der Waals surface area (Å²) in [5.74, 6) is 0.455. The van der Waals surface area contributed by atoms with E-state index in [1.54, 1.807) is 23.9 Å². The zero-order chi connectivity index (χ0) is 25.2. The normalized spacial score (nSPS) is 11.0. The van der Waals surface area contributed by atoms with E-state index in [-0.39, 0.29) is 0 Å². The van der Waals surface area contributed by atoms with Crippen LogP contribution in [0.1, 0.15) is 27.8 Å². The lowest BCUT2D eigenvalue weighted by molar-refractivity contribution is 0.823. The Balaban J connectivity index is 1.64. The van der Waals surface area contributed by atoms with Crippen molar-refractivity contribution in [2.24, 2.45) is 0 Å². The molecule has 1 N–H and O–H groups in total. The van der Waals surface area contributed by atoms with Crippen LogP contribution in [0.15, 0.2) is 82.8 Å². The molecule has 0 bridgehead atoms. The molecule has 0 radical (unpaired) electrons. The van der Waals surface area contributed by atoms with Crippen LogP contribution in [0.2, 0.25) is 5.02 Å². The Bertz CT molecular complexity index is 1580. The number of rotatable bonds is 6. The number of halogens is 1. The largest absolute Gasteiger partial charge is 0.338 e. The maximum atomic E-state index is 9.10. The highest BCUT2D eigenvalue weighted by molar-refractivity contribution is 7.99. The van der Waals surface area contributed by atoms with Crippen LogP contribution in [0.4, 0.5) is 11.6 Å². The standard InChI is InChI=1S/C29H24ClN5S/c1-18-13-19(2)27(20(3)14-18)36-28-26-25(24(30)17-35(26)16-22-7-5-4-6-8-22)33-29(34-28)32-23-11-9-21(15-31)10-12-23/h4-14,17H,16H2,1-3H3,(H,32,33,34). The summed E-state index contributed by atoms with van der Waals surface area (Å²) in [7, 11) is 0. The Hall–Kier alpha value is -3.79. The van der Waals surface area contributed by atoms with E-state index < -0.39 is 0 Å². The molecule has 5 rings (SSSR count). The highest BCUT2D eigenvalue weighted by atomic mass is 35.5. The minimum atomic E-state index is 0.455. The van der Waals surface area contributed by atoms with Crippen LogP contribution in [0.5, 0.6) is 0 Å². The van der Waals surface area contributed by atoms with E-state index in [0.717, 1.165) is 16.2 Å². The average molecular weight is 510 g/mol. The molecule has 36 heavy (non-hydrogen) atoms. The zero-order valence-electron chi connectivity index (χ0n) is 20.2. The first-order valence-corrected chi connectivity index (χ1v) is 12.7. The second kappa shape index (κ2) is 10.1. The third kappa shape index (κ3) is 4.94. The van der Waals surface area contributed by atoms with Gasteiger partial charge in [0.1, 0.15) is 16.1 Å². The van der Waals surface area contributed by atoms with Crippen molar-refractivity contribution >= 4 is 46.0 Å². The monoisotopic (exact) mass is 509 g/mol. The molecule has 2 heterocycles. The van der Waals surface area contributed by atoms with Crippen LogP contribution in [0.3, 0.4) is 0 Å². The summed E-state index contributed by atoms with van der Waals surface area (Å²) in [6.07, 6.45) is 1.93. The van der Waals surface area contributed by atoms with Crippen LogP contribution >= 0.6 is 23.4 Å². The highest BCUT2D eigenvalue weighted by Gasteiger charge is 2.19. The smallest absolute Gasteiger partial charge is 0.229 e. The van der Waals surface area contributed by atoms with E-state index in [1.807, 2.05) is 36.5 Å². The number of aryl methyl sites for hydroxylation is 3. The summed E-state index contributed by atoms with van der Waals surface area (Å²) < 4.78 is 2.12. The van der Waals surface area contributed by atoms with Crippen LogP contribution in [0.25, 0.3) is 11.0 Å². The predicted molar refractivity (Wildman–Crippen MR) is 147 cm³/mol. The number of nitrogens with one attached hydrogen (secondary N) is 1. The SMILES string of the molecule is Cc1cc(C)c(Sc2nc(Nc3ccc(C#N)cc3)nc3c(Cl)cn(Cc4ccccc4)c23)c(C)c1. The molecule has 0 unspecified atom stereocenters. The highest BCUT2D eigenvalue weighted by Crippen LogP contribution is 2.39. The van der Waals surface area contributed by atoms with Gasteiger partial charge in [-0.05, 0) is 61.7 Å². The maximum absolute atomic E-state index is 9.10. The van der Waals surface area contributed by atoms with Crippen molar-refractivity contribution in [3.05, 3.63) is 106 Å². The molecule has 0 aliphatic carbocycles. The molecule has 0 saturated carbocycles. The lowest BCUT2D eigenvalue weighted by Gasteiger charge is -2.14. The summed E-state index contributed by atoms with van der Waals surface area (Å²) in [6, 6.07) is 24.0. The summed E-state index contributed by atoms with van der Waals surface area (Å²) >= 11 is 8.37. The first-order chi connectivity index (χ1) is 17.4. The van der Waals surface area contributed by atoms with Crippen molar-refractivity contribution in [2.45, 2.75) is 37.2 Å². The quantitative estimate of drug-likeness (QED) is 0.236. The van der Waals surface area contributed by atoms with Crippen LogP contribution in [-0.4, -0.2) is 14.5 Å². The molecule has 0 spiro atoms. The fourth-order valence-corrected chi connectivity index (χ4v) is 5.66.